The highest BCUT2D eigenvalue weighted by atomic mass is 32.1. The summed E-state index contributed by atoms with van der Waals surface area (Å²) in [6.07, 6.45) is 3.53. The van der Waals surface area contributed by atoms with E-state index in [2.05, 4.69) is 5.32 Å². The molecule has 8 heavy (non-hydrogen) atoms. The summed E-state index contributed by atoms with van der Waals surface area (Å²) >= 11 is 4.76. The van der Waals surface area contributed by atoms with Gasteiger partial charge in [-0.1, -0.05) is 12.2 Å². The van der Waals surface area contributed by atoms with Gasteiger partial charge in [0, 0.05) is 12.6 Å². The van der Waals surface area contributed by atoms with Crippen LogP contribution in [0.15, 0.2) is 12.3 Å². The normalized spacial score (nSPS) is 27.6. The summed E-state index contributed by atoms with van der Waals surface area (Å²) < 4.78 is 0. The molecule has 0 radical (unpaired) electrons. The molecule has 0 aromatic heterocycles. The first-order chi connectivity index (χ1) is 3.79. The van der Waals surface area contributed by atoms with Gasteiger partial charge in [-0.2, -0.15) is 0 Å². The van der Waals surface area contributed by atoms with Crippen LogP contribution in [-0.2, 0) is 0 Å². The Balaban J connectivity index is 2.54. The van der Waals surface area contributed by atoms with Crippen molar-refractivity contribution in [2.24, 2.45) is 0 Å². The summed E-state index contributed by atoms with van der Waals surface area (Å²) in [7, 11) is 0. The molecular formula is C5H7NOS. The second kappa shape index (κ2) is 2.24. The van der Waals surface area contributed by atoms with Crippen molar-refractivity contribution in [1.29, 1.82) is 0 Å². The molecule has 0 saturated heterocycles. The highest BCUT2D eigenvalue weighted by Gasteiger charge is 2.05. The maximum atomic E-state index is 8.87. The number of hydrogen-bond acceptors (Lipinski definition) is 2. The third kappa shape index (κ3) is 1.28. The molecule has 0 spiro atoms. The largest absolute Gasteiger partial charge is 0.389 e. The zero-order chi connectivity index (χ0) is 5.98. The minimum atomic E-state index is -0.372. The van der Waals surface area contributed by atoms with Crippen LogP contribution in [0.25, 0.3) is 0 Å². The van der Waals surface area contributed by atoms with E-state index in [0.29, 0.717) is 11.4 Å². The van der Waals surface area contributed by atoms with E-state index in [1.807, 2.05) is 0 Å². The van der Waals surface area contributed by atoms with Crippen molar-refractivity contribution in [1.82, 2.24) is 5.32 Å². The lowest BCUT2D eigenvalue weighted by atomic mass is 10.2. The van der Waals surface area contributed by atoms with Gasteiger partial charge in [0.05, 0.1) is 11.1 Å². The van der Waals surface area contributed by atoms with E-state index >= 15 is 0 Å². The lowest BCUT2D eigenvalue weighted by Crippen LogP contribution is -2.25. The van der Waals surface area contributed by atoms with Gasteiger partial charge in [0.25, 0.3) is 0 Å². The Hall–Kier alpha value is -0.410. The number of aliphatic hydroxyl groups is 1. The van der Waals surface area contributed by atoms with Crippen LogP contribution in [0.3, 0.4) is 0 Å². The van der Waals surface area contributed by atoms with E-state index < -0.39 is 0 Å². The second-order valence-corrected chi connectivity index (χ2v) is 2.19. The third-order valence-electron chi connectivity index (χ3n) is 0.957. The molecule has 0 fully saturated rings. The highest BCUT2D eigenvalue weighted by molar-refractivity contribution is 7.80. The number of rotatable bonds is 0. The fourth-order valence-electron chi connectivity index (χ4n) is 0.569. The van der Waals surface area contributed by atoms with Crippen molar-refractivity contribution < 1.29 is 5.11 Å². The Morgan fingerprint density at radius 2 is 2.62 bits per heavy atom. The first-order valence-electron chi connectivity index (χ1n) is 2.43. The van der Waals surface area contributed by atoms with E-state index in [9.17, 15) is 0 Å². The van der Waals surface area contributed by atoms with Crippen LogP contribution >= 0.6 is 12.2 Å². The van der Waals surface area contributed by atoms with Gasteiger partial charge in [0.1, 0.15) is 0 Å². The monoisotopic (exact) mass is 129 g/mol. The molecule has 1 aliphatic heterocycles. The molecule has 0 saturated carbocycles. The smallest absolute Gasteiger partial charge is 0.0821 e. The first-order valence-corrected chi connectivity index (χ1v) is 2.84. The van der Waals surface area contributed by atoms with Crippen LogP contribution in [0.1, 0.15) is 6.42 Å². The SMILES string of the molecule is OC1C=CNC(=S)C1. The summed E-state index contributed by atoms with van der Waals surface area (Å²) in [6, 6.07) is 0. The molecule has 2 N–H and O–H groups in total. The Labute approximate surface area is 53.2 Å². The molecule has 0 aromatic rings. The number of hydrogen-bond donors (Lipinski definition) is 2. The molecule has 44 valence electrons. The van der Waals surface area contributed by atoms with Gasteiger partial charge in [-0.15, -0.1) is 0 Å². The summed E-state index contributed by atoms with van der Waals surface area (Å²) in [6.45, 7) is 0. The average molecular weight is 129 g/mol. The summed E-state index contributed by atoms with van der Waals surface area (Å²) in [5, 5.41) is 11.7. The van der Waals surface area contributed by atoms with E-state index in [4.69, 9.17) is 17.3 Å². The maximum Gasteiger partial charge on any atom is 0.0821 e. The molecule has 0 aromatic carbocycles. The lowest BCUT2D eigenvalue weighted by molar-refractivity contribution is 0.229. The van der Waals surface area contributed by atoms with Crippen LogP contribution in [0.4, 0.5) is 0 Å². The molecule has 1 aliphatic rings. The van der Waals surface area contributed by atoms with Crippen LogP contribution in [0.5, 0.6) is 0 Å². The fourth-order valence-corrected chi connectivity index (χ4v) is 0.808. The number of thiocarbonyl (C=S) groups is 1. The molecule has 1 unspecified atom stereocenters. The zero-order valence-electron chi connectivity index (χ0n) is 4.29. The van der Waals surface area contributed by atoms with Crippen molar-refractivity contribution in [3.8, 4) is 0 Å². The van der Waals surface area contributed by atoms with Gasteiger partial charge >= 0.3 is 0 Å². The summed E-state index contributed by atoms with van der Waals surface area (Å²) in [5.74, 6) is 0. The van der Waals surface area contributed by atoms with Crippen LogP contribution in [0, 0.1) is 0 Å². The predicted octanol–water partition coefficient (Wildman–Crippen LogP) is 0.182. The van der Waals surface area contributed by atoms with Gasteiger partial charge in [-0.05, 0) is 6.08 Å². The molecule has 0 bridgehead atoms. The topological polar surface area (TPSA) is 32.3 Å². The van der Waals surface area contributed by atoms with Crippen molar-refractivity contribution in [3.63, 3.8) is 0 Å². The highest BCUT2D eigenvalue weighted by Crippen LogP contribution is 1.98. The molecule has 1 rings (SSSR count). The Morgan fingerprint density at radius 1 is 1.88 bits per heavy atom. The van der Waals surface area contributed by atoms with Crippen molar-refractivity contribution in [2.45, 2.75) is 12.5 Å². The lowest BCUT2D eigenvalue weighted by Gasteiger charge is -2.11. The number of nitrogens with one attached hydrogen (secondary N) is 1. The molecule has 0 aliphatic carbocycles. The van der Waals surface area contributed by atoms with Gasteiger partial charge < -0.3 is 10.4 Å². The molecule has 1 heterocycles. The average Bonchev–Trinajstić information content (AvgIpc) is 1.64. The minimum Gasteiger partial charge on any atom is -0.389 e. The second-order valence-electron chi connectivity index (χ2n) is 1.70. The van der Waals surface area contributed by atoms with Gasteiger partial charge in [-0.3, -0.25) is 0 Å². The maximum absolute atomic E-state index is 8.87. The van der Waals surface area contributed by atoms with E-state index in [1.54, 1.807) is 12.3 Å². The molecular weight excluding hydrogens is 122 g/mol. The minimum absolute atomic E-state index is 0.372. The van der Waals surface area contributed by atoms with Crippen LogP contribution in [-0.4, -0.2) is 16.2 Å². The van der Waals surface area contributed by atoms with Gasteiger partial charge in [0.2, 0.25) is 0 Å². The number of aliphatic hydroxyl groups excluding tert-OH is 1. The van der Waals surface area contributed by atoms with E-state index in [-0.39, 0.29) is 6.10 Å². The Bertz CT molecular complexity index is 132. The van der Waals surface area contributed by atoms with Crippen LogP contribution < -0.4 is 5.32 Å². The van der Waals surface area contributed by atoms with E-state index in [1.165, 1.54) is 0 Å². The Kier molecular flexibility index (Phi) is 1.60. The molecule has 0 amide bonds. The molecule has 3 heteroatoms. The quantitative estimate of drug-likeness (QED) is 0.458. The van der Waals surface area contributed by atoms with Gasteiger partial charge in [0.15, 0.2) is 0 Å². The fraction of sp³-hybridized carbons (Fsp3) is 0.400. The first kappa shape index (κ1) is 5.72. The standard InChI is InChI=1S/C5H7NOS/c7-4-1-2-6-5(8)3-4/h1-2,4,7H,3H2,(H,6,8). The van der Waals surface area contributed by atoms with Crippen molar-refractivity contribution in [2.75, 3.05) is 0 Å². The van der Waals surface area contributed by atoms with Crippen molar-refractivity contribution >= 4 is 17.2 Å². The van der Waals surface area contributed by atoms with E-state index in [0.717, 1.165) is 0 Å². The van der Waals surface area contributed by atoms with Crippen LogP contribution in [0.2, 0.25) is 0 Å². The third-order valence-corrected chi connectivity index (χ3v) is 1.24. The zero-order valence-corrected chi connectivity index (χ0v) is 5.11. The summed E-state index contributed by atoms with van der Waals surface area (Å²) in [5.41, 5.74) is 0. The molecule has 2 nitrogen and oxygen atoms in total. The van der Waals surface area contributed by atoms with Gasteiger partial charge in [-0.25, -0.2) is 0 Å². The Morgan fingerprint density at radius 3 is 3.00 bits per heavy atom. The molecule has 1 atom stereocenters. The predicted molar refractivity (Wildman–Crippen MR) is 35.5 cm³/mol. The van der Waals surface area contributed by atoms with Crippen molar-refractivity contribution in [3.05, 3.63) is 12.3 Å². The summed E-state index contributed by atoms with van der Waals surface area (Å²) in [4.78, 5) is 0.708.